The molecule has 88 valence electrons. The summed E-state index contributed by atoms with van der Waals surface area (Å²) in [6.45, 7) is 0. The standard InChI is InChI=1S/C9H11ClN2O3S/c10-7-5-8(11-12-9(7)13)6-1-3-16(14,15)4-2-6/h5-6H,1-4H2,(H,12,13). The van der Waals surface area contributed by atoms with E-state index in [1.807, 2.05) is 0 Å². The third-order valence-electron chi connectivity index (χ3n) is 2.75. The SMILES string of the molecule is O=c1[nH]nc(C2CCS(=O)(=O)CC2)cc1Cl. The first-order valence-electron chi connectivity index (χ1n) is 4.93. The van der Waals surface area contributed by atoms with E-state index in [9.17, 15) is 13.2 Å². The average Bonchev–Trinajstić information content (AvgIpc) is 2.22. The molecule has 0 spiro atoms. The molecule has 0 aromatic carbocycles. The van der Waals surface area contributed by atoms with E-state index in [1.165, 1.54) is 6.07 Å². The molecular weight excluding hydrogens is 252 g/mol. The fourth-order valence-electron chi connectivity index (χ4n) is 1.79. The van der Waals surface area contributed by atoms with Crippen LogP contribution in [0.5, 0.6) is 0 Å². The molecule has 1 N–H and O–H groups in total. The first-order chi connectivity index (χ1) is 7.48. The maximum absolute atomic E-state index is 11.2. The van der Waals surface area contributed by atoms with Gasteiger partial charge in [0.15, 0.2) is 0 Å². The Morgan fingerprint density at radius 3 is 2.56 bits per heavy atom. The summed E-state index contributed by atoms with van der Waals surface area (Å²) in [5, 5.41) is 6.29. The molecule has 0 atom stereocenters. The monoisotopic (exact) mass is 262 g/mol. The molecule has 1 aliphatic rings. The van der Waals surface area contributed by atoms with Crippen molar-refractivity contribution in [1.29, 1.82) is 0 Å². The normalized spacial score (nSPS) is 20.8. The zero-order valence-corrected chi connectivity index (χ0v) is 10.0. The maximum Gasteiger partial charge on any atom is 0.282 e. The number of sulfone groups is 1. The highest BCUT2D eigenvalue weighted by molar-refractivity contribution is 7.91. The number of H-pyrrole nitrogens is 1. The predicted octanol–water partition coefficient (Wildman–Crippen LogP) is 0.715. The molecule has 7 heteroatoms. The van der Waals surface area contributed by atoms with Crippen molar-refractivity contribution in [3.05, 3.63) is 27.1 Å². The Morgan fingerprint density at radius 2 is 2.00 bits per heavy atom. The second kappa shape index (κ2) is 4.18. The highest BCUT2D eigenvalue weighted by Crippen LogP contribution is 2.27. The molecule has 16 heavy (non-hydrogen) atoms. The second-order valence-corrected chi connectivity index (χ2v) is 6.61. The van der Waals surface area contributed by atoms with Crippen LogP contribution in [0.3, 0.4) is 0 Å². The van der Waals surface area contributed by atoms with Gasteiger partial charge in [-0.15, -0.1) is 0 Å². The number of aromatic amines is 1. The Bertz CT molecular complexity index is 538. The molecule has 1 aromatic heterocycles. The lowest BCUT2D eigenvalue weighted by Gasteiger charge is -2.20. The van der Waals surface area contributed by atoms with Gasteiger partial charge in [0, 0.05) is 5.92 Å². The molecule has 1 aromatic rings. The highest BCUT2D eigenvalue weighted by atomic mass is 35.5. The third kappa shape index (κ3) is 2.44. The second-order valence-electron chi connectivity index (χ2n) is 3.90. The summed E-state index contributed by atoms with van der Waals surface area (Å²) >= 11 is 5.69. The Kier molecular flexibility index (Phi) is 3.03. The zero-order valence-electron chi connectivity index (χ0n) is 8.44. The van der Waals surface area contributed by atoms with Gasteiger partial charge in [-0.25, -0.2) is 13.5 Å². The molecule has 1 fully saturated rings. The number of hydrogen-bond donors (Lipinski definition) is 1. The molecule has 0 saturated carbocycles. The van der Waals surface area contributed by atoms with Gasteiger partial charge in [0.05, 0.1) is 17.2 Å². The summed E-state index contributed by atoms with van der Waals surface area (Å²) in [5.74, 6) is 0.421. The summed E-state index contributed by atoms with van der Waals surface area (Å²) < 4.78 is 22.5. The Hall–Kier alpha value is -0.880. The van der Waals surface area contributed by atoms with Gasteiger partial charge >= 0.3 is 0 Å². The molecule has 1 saturated heterocycles. The lowest BCUT2D eigenvalue weighted by atomic mass is 9.99. The minimum Gasteiger partial charge on any atom is -0.266 e. The number of aromatic nitrogens is 2. The number of rotatable bonds is 1. The first kappa shape index (κ1) is 11.6. The number of nitrogens with one attached hydrogen (secondary N) is 1. The van der Waals surface area contributed by atoms with E-state index in [0.29, 0.717) is 18.5 Å². The van der Waals surface area contributed by atoms with E-state index in [-0.39, 0.29) is 22.4 Å². The van der Waals surface area contributed by atoms with Gasteiger partial charge in [0.1, 0.15) is 14.9 Å². The van der Waals surface area contributed by atoms with E-state index < -0.39 is 15.4 Å². The van der Waals surface area contributed by atoms with E-state index >= 15 is 0 Å². The van der Waals surface area contributed by atoms with Crippen LogP contribution >= 0.6 is 11.6 Å². The third-order valence-corrected chi connectivity index (χ3v) is 4.75. The molecule has 2 rings (SSSR count). The van der Waals surface area contributed by atoms with Crippen molar-refractivity contribution in [2.24, 2.45) is 0 Å². The quantitative estimate of drug-likeness (QED) is 0.809. The maximum atomic E-state index is 11.2. The molecule has 0 radical (unpaired) electrons. The van der Waals surface area contributed by atoms with Gasteiger partial charge in [-0.3, -0.25) is 4.79 Å². The smallest absolute Gasteiger partial charge is 0.266 e. The lowest BCUT2D eigenvalue weighted by Crippen LogP contribution is -2.23. The number of nitrogens with zero attached hydrogens (tertiary/aromatic N) is 1. The average molecular weight is 263 g/mol. The van der Waals surface area contributed by atoms with Crippen molar-refractivity contribution in [3.8, 4) is 0 Å². The summed E-state index contributed by atoms with van der Waals surface area (Å²) in [7, 11) is -2.87. The molecular formula is C9H11ClN2O3S. The minimum atomic E-state index is -2.87. The molecule has 0 amide bonds. The Labute approximate surface area is 97.7 Å². The van der Waals surface area contributed by atoms with Gasteiger partial charge in [0.25, 0.3) is 5.56 Å². The topological polar surface area (TPSA) is 79.9 Å². The predicted molar refractivity (Wildman–Crippen MR) is 60.5 cm³/mol. The van der Waals surface area contributed by atoms with Crippen molar-refractivity contribution in [3.63, 3.8) is 0 Å². The highest BCUT2D eigenvalue weighted by Gasteiger charge is 2.25. The number of halogens is 1. The van der Waals surface area contributed by atoms with Crippen LogP contribution in [0.25, 0.3) is 0 Å². The van der Waals surface area contributed by atoms with Crippen LogP contribution in [-0.2, 0) is 9.84 Å². The molecule has 0 unspecified atom stereocenters. The van der Waals surface area contributed by atoms with Crippen molar-refractivity contribution in [1.82, 2.24) is 10.2 Å². The van der Waals surface area contributed by atoms with E-state index in [0.717, 1.165) is 0 Å². The molecule has 0 aliphatic carbocycles. The van der Waals surface area contributed by atoms with E-state index in [4.69, 9.17) is 11.6 Å². The van der Waals surface area contributed by atoms with Crippen molar-refractivity contribution in [2.75, 3.05) is 11.5 Å². The fraction of sp³-hybridized carbons (Fsp3) is 0.556. The largest absolute Gasteiger partial charge is 0.282 e. The van der Waals surface area contributed by atoms with Gasteiger partial charge in [-0.05, 0) is 18.9 Å². The first-order valence-corrected chi connectivity index (χ1v) is 7.13. The zero-order chi connectivity index (χ0) is 11.8. The molecule has 0 bridgehead atoms. The van der Waals surface area contributed by atoms with Crippen molar-refractivity contribution >= 4 is 21.4 Å². The van der Waals surface area contributed by atoms with Crippen LogP contribution in [0.4, 0.5) is 0 Å². The van der Waals surface area contributed by atoms with Crippen LogP contribution in [0.1, 0.15) is 24.5 Å². The lowest BCUT2D eigenvalue weighted by molar-refractivity contribution is 0.541. The van der Waals surface area contributed by atoms with Gasteiger partial charge < -0.3 is 0 Å². The van der Waals surface area contributed by atoms with Crippen LogP contribution < -0.4 is 5.56 Å². The summed E-state index contributed by atoms with van der Waals surface area (Å²) in [4.78, 5) is 11.0. The van der Waals surface area contributed by atoms with Crippen LogP contribution in [-0.4, -0.2) is 30.1 Å². The molecule has 5 nitrogen and oxygen atoms in total. The Balaban J connectivity index is 2.20. The van der Waals surface area contributed by atoms with Gasteiger partial charge in [-0.2, -0.15) is 5.10 Å². The van der Waals surface area contributed by atoms with Gasteiger partial charge in [-0.1, -0.05) is 11.6 Å². The van der Waals surface area contributed by atoms with Crippen LogP contribution in [0.2, 0.25) is 5.02 Å². The summed E-state index contributed by atoms with van der Waals surface area (Å²) in [6, 6.07) is 1.52. The van der Waals surface area contributed by atoms with Gasteiger partial charge in [0.2, 0.25) is 0 Å². The van der Waals surface area contributed by atoms with E-state index in [2.05, 4.69) is 10.2 Å². The summed E-state index contributed by atoms with van der Waals surface area (Å²) in [5.41, 5.74) is 0.244. The van der Waals surface area contributed by atoms with Crippen LogP contribution in [0, 0.1) is 0 Å². The molecule has 2 heterocycles. The van der Waals surface area contributed by atoms with E-state index in [1.54, 1.807) is 0 Å². The van der Waals surface area contributed by atoms with Crippen LogP contribution in [0.15, 0.2) is 10.9 Å². The number of hydrogen-bond acceptors (Lipinski definition) is 4. The fourth-order valence-corrected chi connectivity index (χ4v) is 3.44. The Morgan fingerprint density at radius 1 is 1.38 bits per heavy atom. The minimum absolute atomic E-state index is 0.0675. The van der Waals surface area contributed by atoms with Crippen molar-refractivity contribution in [2.45, 2.75) is 18.8 Å². The summed E-state index contributed by atoms with van der Waals surface area (Å²) in [6.07, 6.45) is 1.08. The molecule has 1 aliphatic heterocycles. The van der Waals surface area contributed by atoms with Crippen molar-refractivity contribution < 1.29 is 8.42 Å².